The Kier molecular flexibility index (Phi) is 4.57. The minimum Gasteiger partial charge on any atom is -0.468 e. The molecule has 0 unspecified atom stereocenters. The number of amides is 1. The summed E-state index contributed by atoms with van der Waals surface area (Å²) in [4.78, 5) is 25.0. The third-order valence-electron chi connectivity index (χ3n) is 3.29. The van der Waals surface area contributed by atoms with Crippen molar-refractivity contribution in [2.24, 2.45) is 5.92 Å². The van der Waals surface area contributed by atoms with E-state index >= 15 is 0 Å². The Morgan fingerprint density at radius 3 is 2.74 bits per heavy atom. The summed E-state index contributed by atoms with van der Waals surface area (Å²) in [5.74, 6) is -3.11. The molecule has 1 aromatic carbocycles. The number of halogens is 2. The SMILES string of the molecule is [2H]C1([2H])CN(CC(=O)OC)CC([2H])([2H])C1CNC(=O)c1cc(F)cc(Cl)c1. The van der Waals surface area contributed by atoms with Gasteiger partial charge in [0.1, 0.15) is 5.82 Å². The summed E-state index contributed by atoms with van der Waals surface area (Å²) in [6.07, 6.45) is -4.02. The molecule has 2 rings (SSSR count). The van der Waals surface area contributed by atoms with Gasteiger partial charge in [0.05, 0.1) is 13.7 Å². The summed E-state index contributed by atoms with van der Waals surface area (Å²) in [7, 11) is 1.20. The van der Waals surface area contributed by atoms with Crippen molar-refractivity contribution >= 4 is 23.5 Å². The van der Waals surface area contributed by atoms with Crippen LogP contribution in [0.5, 0.6) is 0 Å². The molecule has 23 heavy (non-hydrogen) atoms. The first-order chi connectivity index (χ1) is 12.4. The summed E-state index contributed by atoms with van der Waals surface area (Å²) in [5.41, 5.74) is -0.0377. The molecule has 1 aliphatic rings. The van der Waals surface area contributed by atoms with E-state index < -0.39 is 36.4 Å². The number of nitrogens with one attached hydrogen (secondary N) is 1. The Balaban J connectivity index is 2.08. The molecule has 1 saturated heterocycles. The van der Waals surface area contributed by atoms with E-state index in [0.29, 0.717) is 0 Å². The van der Waals surface area contributed by atoms with Gasteiger partial charge in [0.2, 0.25) is 0 Å². The van der Waals surface area contributed by atoms with Crippen LogP contribution in [0.1, 0.15) is 28.6 Å². The smallest absolute Gasteiger partial charge is 0.319 e. The largest absolute Gasteiger partial charge is 0.468 e. The molecule has 126 valence electrons. The van der Waals surface area contributed by atoms with Crippen LogP contribution in [0.25, 0.3) is 0 Å². The summed E-state index contributed by atoms with van der Waals surface area (Å²) in [5, 5.41) is 2.49. The van der Waals surface area contributed by atoms with Crippen LogP contribution >= 0.6 is 11.6 Å². The molecule has 1 N–H and O–H groups in total. The van der Waals surface area contributed by atoms with E-state index in [1.807, 2.05) is 0 Å². The van der Waals surface area contributed by atoms with Gasteiger partial charge in [-0.15, -0.1) is 0 Å². The van der Waals surface area contributed by atoms with Gasteiger partial charge in [-0.05, 0) is 50.0 Å². The van der Waals surface area contributed by atoms with Crippen LogP contribution in [0.15, 0.2) is 18.2 Å². The molecule has 0 aromatic heterocycles. The number of nitrogens with zero attached hydrogens (tertiary/aromatic N) is 1. The van der Waals surface area contributed by atoms with Crippen LogP contribution in [0.2, 0.25) is 5.02 Å². The molecule has 1 fully saturated rings. The number of piperidine rings is 1. The maximum Gasteiger partial charge on any atom is 0.319 e. The Morgan fingerprint density at radius 1 is 1.43 bits per heavy atom. The fraction of sp³-hybridized carbons (Fsp3) is 0.500. The molecule has 7 heteroatoms. The predicted octanol–water partition coefficient (Wildman–Crippen LogP) is 2.09. The average Bonchev–Trinajstić information content (AvgIpc) is 2.51. The number of carbonyl (C=O) groups is 2. The lowest BCUT2D eigenvalue weighted by Crippen LogP contribution is -2.41. The van der Waals surface area contributed by atoms with E-state index in [9.17, 15) is 14.0 Å². The van der Waals surface area contributed by atoms with Crippen molar-refractivity contribution in [2.75, 3.05) is 33.3 Å². The van der Waals surface area contributed by atoms with Gasteiger partial charge in [-0.1, -0.05) is 11.6 Å². The number of hydrogen-bond acceptors (Lipinski definition) is 4. The van der Waals surface area contributed by atoms with Gasteiger partial charge in [0, 0.05) is 22.6 Å². The molecule has 5 nitrogen and oxygen atoms in total. The molecule has 1 aliphatic heterocycles. The number of esters is 1. The highest BCUT2D eigenvalue weighted by molar-refractivity contribution is 6.31. The first kappa shape index (κ1) is 12.7. The van der Waals surface area contributed by atoms with E-state index in [0.717, 1.165) is 12.1 Å². The number of benzene rings is 1. The monoisotopic (exact) mass is 346 g/mol. The summed E-state index contributed by atoms with van der Waals surface area (Å²) < 4.78 is 50.7. The van der Waals surface area contributed by atoms with Gasteiger partial charge in [-0.3, -0.25) is 14.5 Å². The van der Waals surface area contributed by atoms with Crippen molar-refractivity contribution in [2.45, 2.75) is 12.7 Å². The quantitative estimate of drug-likeness (QED) is 0.829. The van der Waals surface area contributed by atoms with Gasteiger partial charge in [-0.2, -0.15) is 0 Å². The van der Waals surface area contributed by atoms with Crippen LogP contribution < -0.4 is 5.32 Å². The maximum atomic E-state index is 13.4. The Bertz CT molecular complexity index is 697. The van der Waals surface area contributed by atoms with E-state index in [1.54, 1.807) is 0 Å². The Labute approximate surface area is 145 Å². The molecule has 0 radical (unpaired) electrons. The van der Waals surface area contributed by atoms with E-state index in [2.05, 4.69) is 10.1 Å². The topological polar surface area (TPSA) is 58.6 Å². The fourth-order valence-corrected chi connectivity index (χ4v) is 2.31. The molecule has 1 aromatic rings. The van der Waals surface area contributed by atoms with Crippen LogP contribution in [0, 0.1) is 11.7 Å². The highest BCUT2D eigenvalue weighted by Crippen LogP contribution is 2.17. The van der Waals surface area contributed by atoms with Crippen molar-refractivity contribution in [1.29, 1.82) is 0 Å². The number of rotatable bonds is 5. The van der Waals surface area contributed by atoms with Gasteiger partial charge < -0.3 is 10.1 Å². The second-order valence-electron chi connectivity index (χ2n) is 5.05. The Hall–Kier alpha value is -1.66. The van der Waals surface area contributed by atoms with Crippen LogP contribution in [0.4, 0.5) is 4.39 Å². The highest BCUT2D eigenvalue weighted by Gasteiger charge is 2.21. The minimum atomic E-state index is -2.01. The first-order valence-corrected chi connectivity index (χ1v) is 7.36. The van der Waals surface area contributed by atoms with Gasteiger partial charge >= 0.3 is 5.97 Å². The lowest BCUT2D eigenvalue weighted by molar-refractivity contribution is -0.142. The zero-order valence-electron chi connectivity index (χ0n) is 16.6. The summed E-state index contributed by atoms with van der Waals surface area (Å²) in [6, 6.07) is 3.30. The van der Waals surface area contributed by atoms with E-state index in [-0.39, 0.29) is 36.8 Å². The number of hydrogen-bond donors (Lipinski definition) is 1. The zero-order valence-corrected chi connectivity index (χ0v) is 13.3. The van der Waals surface area contributed by atoms with Crippen LogP contribution in [-0.4, -0.2) is 50.1 Å². The molecule has 1 amide bonds. The fourth-order valence-electron chi connectivity index (χ4n) is 2.09. The number of carbonyl (C=O) groups excluding carboxylic acids is 2. The summed E-state index contributed by atoms with van der Waals surface area (Å²) >= 11 is 5.72. The second kappa shape index (κ2) is 8.26. The van der Waals surface area contributed by atoms with Crippen molar-refractivity contribution in [3.05, 3.63) is 34.6 Å². The van der Waals surface area contributed by atoms with Crippen molar-refractivity contribution in [3.8, 4) is 0 Å². The van der Waals surface area contributed by atoms with Crippen molar-refractivity contribution < 1.29 is 24.2 Å². The molecule has 0 saturated carbocycles. The molecule has 0 bridgehead atoms. The predicted molar refractivity (Wildman–Crippen MR) is 84.9 cm³/mol. The Morgan fingerprint density at radius 2 is 2.13 bits per heavy atom. The minimum absolute atomic E-state index is 0.0377. The molecule has 1 heterocycles. The van der Waals surface area contributed by atoms with Crippen molar-refractivity contribution in [1.82, 2.24) is 10.2 Å². The third-order valence-corrected chi connectivity index (χ3v) is 3.51. The lowest BCUT2D eigenvalue weighted by atomic mass is 9.96. The standard InChI is InChI=1S/C16H20ClFN2O3/c1-23-15(21)10-20-4-2-11(3-5-20)9-19-16(22)12-6-13(17)8-14(18)7-12/h6-8,11H,2-5,9-10H2,1H3,(H,19,22)/i2D2,3D2. The molecular formula is C16H20ClFN2O3. The van der Waals surface area contributed by atoms with Gasteiger partial charge in [0.25, 0.3) is 5.91 Å². The molecular weight excluding hydrogens is 323 g/mol. The van der Waals surface area contributed by atoms with E-state index in [4.69, 9.17) is 17.1 Å². The number of likely N-dealkylation sites (tertiary alicyclic amines) is 1. The van der Waals surface area contributed by atoms with Crippen LogP contribution in [-0.2, 0) is 9.53 Å². The van der Waals surface area contributed by atoms with Crippen LogP contribution in [0.3, 0.4) is 0 Å². The second-order valence-corrected chi connectivity index (χ2v) is 5.49. The van der Waals surface area contributed by atoms with Gasteiger partial charge in [0.15, 0.2) is 0 Å². The maximum absolute atomic E-state index is 13.4. The van der Waals surface area contributed by atoms with Gasteiger partial charge in [-0.25, -0.2) is 4.39 Å². The van der Waals surface area contributed by atoms with Crippen molar-refractivity contribution in [3.63, 3.8) is 0 Å². The van der Waals surface area contributed by atoms with E-state index in [1.165, 1.54) is 18.1 Å². The zero-order chi connectivity index (χ0) is 20.4. The summed E-state index contributed by atoms with van der Waals surface area (Å²) in [6.45, 7) is -0.892. The lowest BCUT2D eigenvalue weighted by Gasteiger charge is -2.31. The molecule has 0 spiro atoms. The number of methoxy groups -OCH3 is 1. The highest BCUT2D eigenvalue weighted by atomic mass is 35.5. The first-order valence-electron chi connectivity index (χ1n) is 8.98. The molecule has 0 atom stereocenters. The normalized spacial score (nSPS) is 23.1. The third kappa shape index (κ3) is 5.48. The molecule has 0 aliphatic carbocycles. The average molecular weight is 347 g/mol. The number of ether oxygens (including phenoxy) is 1.